The zero-order valence-electron chi connectivity index (χ0n) is 14.6. The van der Waals surface area contributed by atoms with E-state index in [1.54, 1.807) is 18.3 Å². The number of pyridine rings is 1. The number of methoxy groups -OCH3 is 1. The van der Waals surface area contributed by atoms with Crippen LogP contribution < -0.4 is 14.8 Å². The Hall–Kier alpha value is -2.74. The highest BCUT2D eigenvalue weighted by molar-refractivity contribution is 5.94. The van der Waals surface area contributed by atoms with E-state index in [2.05, 4.69) is 15.0 Å². The normalized spacial score (nSPS) is 19.9. The van der Waals surface area contributed by atoms with Crippen LogP contribution in [0.2, 0.25) is 0 Å². The summed E-state index contributed by atoms with van der Waals surface area (Å²) < 4.78 is 34.1. The van der Waals surface area contributed by atoms with Gasteiger partial charge in [-0.3, -0.25) is 4.79 Å². The highest BCUT2D eigenvalue weighted by Gasteiger charge is 2.36. The lowest BCUT2D eigenvalue weighted by Crippen LogP contribution is -2.41. The van der Waals surface area contributed by atoms with Gasteiger partial charge in [-0.25, -0.2) is 4.98 Å². The van der Waals surface area contributed by atoms with Crippen molar-refractivity contribution in [1.82, 2.24) is 10.3 Å². The minimum absolute atomic E-state index is 0.0552. The van der Waals surface area contributed by atoms with Crippen molar-refractivity contribution < 1.29 is 28.2 Å². The van der Waals surface area contributed by atoms with E-state index in [0.717, 1.165) is 5.56 Å². The Bertz CT molecular complexity index is 780. The molecule has 0 aliphatic heterocycles. The SMILES string of the molecule is COc1ccc([C@@H](NC(=O)c2cccc(OC(F)F)c2)C2CC(O)C2)cn1. The maximum atomic E-state index is 12.7. The van der Waals surface area contributed by atoms with Crippen molar-refractivity contribution in [2.24, 2.45) is 5.92 Å². The number of aromatic nitrogens is 1. The first kappa shape index (κ1) is 19.0. The summed E-state index contributed by atoms with van der Waals surface area (Å²) in [5.74, 6) is 0.00488. The molecular formula is C19H20F2N2O4. The first-order valence-corrected chi connectivity index (χ1v) is 8.50. The van der Waals surface area contributed by atoms with Gasteiger partial charge in [-0.2, -0.15) is 8.78 Å². The Balaban J connectivity index is 1.78. The number of rotatable bonds is 7. The van der Waals surface area contributed by atoms with Gasteiger partial charge in [0.1, 0.15) is 5.75 Å². The number of aliphatic hydroxyl groups is 1. The molecule has 2 N–H and O–H groups in total. The molecule has 8 heteroatoms. The number of benzene rings is 1. The summed E-state index contributed by atoms with van der Waals surface area (Å²) in [7, 11) is 1.51. The molecule has 144 valence electrons. The average molecular weight is 378 g/mol. The molecule has 0 saturated heterocycles. The van der Waals surface area contributed by atoms with E-state index in [4.69, 9.17) is 4.74 Å². The fourth-order valence-corrected chi connectivity index (χ4v) is 3.11. The Morgan fingerprint density at radius 3 is 2.67 bits per heavy atom. The number of carbonyl (C=O) groups excluding carboxylic acids is 1. The molecule has 1 aromatic carbocycles. The van der Waals surface area contributed by atoms with E-state index in [1.807, 2.05) is 0 Å². The second-order valence-electron chi connectivity index (χ2n) is 6.38. The fraction of sp³-hybridized carbons (Fsp3) is 0.368. The number of carbonyl (C=O) groups is 1. The Kier molecular flexibility index (Phi) is 5.85. The van der Waals surface area contributed by atoms with Gasteiger partial charge < -0.3 is 19.9 Å². The third-order valence-corrected chi connectivity index (χ3v) is 4.56. The lowest BCUT2D eigenvalue weighted by atomic mass is 9.75. The standard InChI is InChI=1S/C19H20F2N2O4/c1-26-16-6-5-12(10-22-16)17(13-7-14(24)8-13)23-18(25)11-3-2-4-15(9-11)27-19(20)21/h2-6,9-10,13-14,17,19,24H,7-8H2,1H3,(H,23,25)/t13?,14?,17-/m1/s1. The molecule has 0 unspecified atom stereocenters. The average Bonchev–Trinajstić information content (AvgIpc) is 2.63. The molecule has 1 amide bonds. The zero-order valence-corrected chi connectivity index (χ0v) is 14.6. The van der Waals surface area contributed by atoms with Crippen molar-refractivity contribution in [3.63, 3.8) is 0 Å². The lowest BCUT2D eigenvalue weighted by molar-refractivity contribution is -0.0498. The van der Waals surface area contributed by atoms with Gasteiger partial charge in [0.25, 0.3) is 5.91 Å². The maximum Gasteiger partial charge on any atom is 0.387 e. The summed E-state index contributed by atoms with van der Waals surface area (Å²) in [5, 5.41) is 12.5. The molecule has 6 nitrogen and oxygen atoms in total. The van der Waals surface area contributed by atoms with Gasteiger partial charge in [-0.1, -0.05) is 12.1 Å². The smallest absolute Gasteiger partial charge is 0.387 e. The van der Waals surface area contributed by atoms with Crippen LogP contribution in [-0.2, 0) is 0 Å². The molecule has 1 fully saturated rings. The molecule has 1 saturated carbocycles. The summed E-state index contributed by atoms with van der Waals surface area (Å²) in [6.45, 7) is -2.96. The largest absolute Gasteiger partial charge is 0.481 e. The third kappa shape index (κ3) is 4.71. The third-order valence-electron chi connectivity index (χ3n) is 4.56. The first-order valence-electron chi connectivity index (χ1n) is 8.50. The van der Waals surface area contributed by atoms with Crippen molar-refractivity contribution in [3.8, 4) is 11.6 Å². The molecule has 0 radical (unpaired) electrons. The van der Waals surface area contributed by atoms with Crippen molar-refractivity contribution in [1.29, 1.82) is 0 Å². The Morgan fingerprint density at radius 2 is 2.07 bits per heavy atom. The molecule has 1 atom stereocenters. The topological polar surface area (TPSA) is 80.7 Å². The van der Waals surface area contributed by atoms with Crippen LogP contribution in [0.1, 0.15) is 34.8 Å². The minimum Gasteiger partial charge on any atom is -0.481 e. The number of hydrogen-bond acceptors (Lipinski definition) is 5. The lowest BCUT2D eigenvalue weighted by Gasteiger charge is -2.38. The van der Waals surface area contributed by atoms with Crippen LogP contribution in [0.15, 0.2) is 42.6 Å². The van der Waals surface area contributed by atoms with Crippen LogP contribution in [-0.4, -0.2) is 35.8 Å². The number of hydrogen-bond donors (Lipinski definition) is 2. The van der Waals surface area contributed by atoms with Crippen LogP contribution in [0.3, 0.4) is 0 Å². The second kappa shape index (κ2) is 8.30. The molecule has 0 bridgehead atoms. The Morgan fingerprint density at radius 1 is 1.30 bits per heavy atom. The van der Waals surface area contributed by atoms with E-state index in [-0.39, 0.29) is 29.4 Å². The monoisotopic (exact) mass is 378 g/mol. The number of alkyl halides is 2. The van der Waals surface area contributed by atoms with Gasteiger partial charge >= 0.3 is 6.61 Å². The van der Waals surface area contributed by atoms with Crippen LogP contribution in [0.4, 0.5) is 8.78 Å². The highest BCUT2D eigenvalue weighted by atomic mass is 19.3. The number of ether oxygens (including phenoxy) is 2. The summed E-state index contributed by atoms with van der Waals surface area (Å²) in [5.41, 5.74) is 0.987. The van der Waals surface area contributed by atoms with Crippen LogP contribution in [0.25, 0.3) is 0 Å². The number of nitrogens with one attached hydrogen (secondary N) is 1. The predicted molar refractivity (Wildman–Crippen MR) is 92.8 cm³/mol. The maximum absolute atomic E-state index is 12.7. The zero-order chi connectivity index (χ0) is 19.4. The first-order chi connectivity index (χ1) is 13.0. The van der Waals surface area contributed by atoms with Crippen LogP contribution in [0.5, 0.6) is 11.6 Å². The number of amides is 1. The molecule has 2 aromatic rings. The van der Waals surface area contributed by atoms with Crippen molar-refractivity contribution >= 4 is 5.91 Å². The predicted octanol–water partition coefficient (Wildman–Crippen LogP) is 2.93. The number of aliphatic hydroxyl groups excluding tert-OH is 1. The fourth-order valence-electron chi connectivity index (χ4n) is 3.11. The molecule has 1 heterocycles. The highest BCUT2D eigenvalue weighted by Crippen LogP contribution is 2.38. The summed E-state index contributed by atoms with van der Waals surface area (Å²) in [6, 6.07) is 8.75. The second-order valence-corrected chi connectivity index (χ2v) is 6.38. The molecule has 0 spiro atoms. The molecular weight excluding hydrogens is 358 g/mol. The van der Waals surface area contributed by atoms with Crippen LogP contribution >= 0.6 is 0 Å². The van der Waals surface area contributed by atoms with Gasteiger partial charge in [-0.15, -0.1) is 0 Å². The van der Waals surface area contributed by atoms with Crippen molar-refractivity contribution in [2.45, 2.75) is 31.6 Å². The van der Waals surface area contributed by atoms with Crippen LogP contribution in [0, 0.1) is 5.92 Å². The molecule has 1 aliphatic rings. The van der Waals surface area contributed by atoms with Gasteiger partial charge in [0.05, 0.1) is 19.3 Å². The number of nitrogens with zero attached hydrogens (tertiary/aromatic N) is 1. The van der Waals surface area contributed by atoms with Gasteiger partial charge in [-0.05, 0) is 42.5 Å². The van der Waals surface area contributed by atoms with Crippen molar-refractivity contribution in [2.75, 3.05) is 7.11 Å². The van der Waals surface area contributed by atoms with E-state index < -0.39 is 12.5 Å². The van der Waals surface area contributed by atoms with E-state index in [9.17, 15) is 18.7 Å². The molecule has 3 rings (SSSR count). The van der Waals surface area contributed by atoms with E-state index in [1.165, 1.54) is 31.4 Å². The molecule has 1 aliphatic carbocycles. The van der Waals surface area contributed by atoms with E-state index >= 15 is 0 Å². The van der Waals surface area contributed by atoms with Gasteiger partial charge in [0.15, 0.2) is 0 Å². The quantitative estimate of drug-likeness (QED) is 0.774. The molecule has 1 aromatic heterocycles. The minimum atomic E-state index is -2.96. The summed E-state index contributed by atoms with van der Waals surface area (Å²) in [6.07, 6.45) is 2.35. The summed E-state index contributed by atoms with van der Waals surface area (Å²) in [4.78, 5) is 16.8. The summed E-state index contributed by atoms with van der Waals surface area (Å²) >= 11 is 0. The molecule has 27 heavy (non-hydrogen) atoms. The van der Waals surface area contributed by atoms with E-state index in [0.29, 0.717) is 18.7 Å². The van der Waals surface area contributed by atoms with Gasteiger partial charge in [0.2, 0.25) is 5.88 Å². The van der Waals surface area contributed by atoms with Crippen molar-refractivity contribution in [3.05, 3.63) is 53.7 Å². The number of halogens is 2. The van der Waals surface area contributed by atoms with Gasteiger partial charge in [0, 0.05) is 17.8 Å². The Labute approximate surface area is 155 Å².